The van der Waals surface area contributed by atoms with Crippen LogP contribution in [0.5, 0.6) is 0 Å². The van der Waals surface area contributed by atoms with E-state index in [4.69, 9.17) is 5.11 Å². The van der Waals surface area contributed by atoms with Crippen LogP contribution < -0.4 is 0 Å². The number of rotatable bonds is 0. The second-order valence-corrected chi connectivity index (χ2v) is 0.958. The van der Waals surface area contributed by atoms with Crippen molar-refractivity contribution < 1.29 is 18.3 Å². The molecule has 4 heteroatoms. The smallest absolute Gasteiger partial charge is 0.384 e. The van der Waals surface area contributed by atoms with Crippen molar-refractivity contribution in [2.24, 2.45) is 0 Å². The Labute approximate surface area is 44.1 Å². The Bertz CT molecular complexity index is 115. The van der Waals surface area contributed by atoms with Gasteiger partial charge >= 0.3 is 6.18 Å². The molecule has 1 N–H and O–H groups in total. The molecule has 0 bridgehead atoms. The summed E-state index contributed by atoms with van der Waals surface area (Å²) in [5, 5.41) is 7.76. The maximum absolute atomic E-state index is 11.0. The largest absolute Gasteiger partial charge is 0.457 e. The topological polar surface area (TPSA) is 20.2 Å². The molecule has 1 nitrogen and oxygen atoms in total. The first-order chi connectivity index (χ1) is 3.56. The van der Waals surface area contributed by atoms with E-state index in [1.165, 1.54) is 5.92 Å². The summed E-state index contributed by atoms with van der Waals surface area (Å²) in [4.78, 5) is 0. The number of aliphatic hydroxyl groups excluding tert-OH is 1. The minimum atomic E-state index is -4.47. The molecule has 0 aliphatic rings. The molecule has 46 valence electrons. The molecule has 0 amide bonds. The fourth-order valence-corrected chi connectivity index (χ4v) is 0.140. The molecule has 0 radical (unpaired) electrons. The third-order valence-corrected chi connectivity index (χ3v) is 0.309. The highest BCUT2D eigenvalue weighted by molar-refractivity contribution is 5.04. The van der Waals surface area contributed by atoms with Gasteiger partial charge in [0, 0.05) is 5.92 Å². The summed E-state index contributed by atoms with van der Waals surface area (Å²) < 4.78 is 32.9. The summed E-state index contributed by atoms with van der Waals surface area (Å²) in [6.07, 6.45) is -4.47. The zero-order chi connectivity index (χ0) is 6.62. The Morgan fingerprint density at radius 3 is 2.00 bits per heavy atom. The fourth-order valence-electron chi connectivity index (χ4n) is 0.140. The molecular formula is C4H3F3O. The van der Waals surface area contributed by atoms with Gasteiger partial charge in [0.1, 0.15) is 6.61 Å². The molecule has 0 aromatic carbocycles. The minimum absolute atomic E-state index is 0.750. The Morgan fingerprint density at radius 2 is 1.88 bits per heavy atom. The Kier molecular flexibility index (Phi) is 2.35. The summed E-state index contributed by atoms with van der Waals surface area (Å²) in [5.41, 5.74) is 0. The van der Waals surface area contributed by atoms with Crippen LogP contribution >= 0.6 is 0 Å². The van der Waals surface area contributed by atoms with Crippen molar-refractivity contribution in [3.63, 3.8) is 0 Å². The molecule has 8 heavy (non-hydrogen) atoms. The van der Waals surface area contributed by atoms with Gasteiger partial charge in [-0.25, -0.2) is 0 Å². The second-order valence-electron chi connectivity index (χ2n) is 0.958. The number of hydrogen-bond acceptors (Lipinski definition) is 1. The first-order valence-corrected chi connectivity index (χ1v) is 1.74. The van der Waals surface area contributed by atoms with Crippen molar-refractivity contribution in [3.05, 3.63) is 0 Å². The van der Waals surface area contributed by atoms with Crippen LogP contribution in [0.1, 0.15) is 0 Å². The minimum Gasteiger partial charge on any atom is -0.384 e. The van der Waals surface area contributed by atoms with E-state index in [-0.39, 0.29) is 0 Å². The highest BCUT2D eigenvalue weighted by Crippen LogP contribution is 2.11. The van der Waals surface area contributed by atoms with Crippen molar-refractivity contribution >= 4 is 0 Å². The monoisotopic (exact) mass is 124 g/mol. The van der Waals surface area contributed by atoms with Crippen LogP contribution in [0.4, 0.5) is 13.2 Å². The SMILES string of the molecule is OCC#CC(F)(F)F. The Balaban J connectivity index is 3.69. The van der Waals surface area contributed by atoms with Gasteiger partial charge in [0.2, 0.25) is 0 Å². The molecular weight excluding hydrogens is 121 g/mol. The van der Waals surface area contributed by atoms with E-state index in [9.17, 15) is 13.2 Å². The van der Waals surface area contributed by atoms with Crippen molar-refractivity contribution in [1.82, 2.24) is 0 Å². The number of alkyl halides is 3. The van der Waals surface area contributed by atoms with Crippen LogP contribution in [0.2, 0.25) is 0 Å². The molecule has 0 saturated heterocycles. The summed E-state index contributed by atoms with van der Waals surface area (Å²) in [5.74, 6) is 2.34. The van der Waals surface area contributed by atoms with Crippen molar-refractivity contribution in [3.8, 4) is 11.8 Å². The van der Waals surface area contributed by atoms with Crippen LogP contribution in [0.3, 0.4) is 0 Å². The van der Waals surface area contributed by atoms with Gasteiger partial charge in [-0.3, -0.25) is 0 Å². The Morgan fingerprint density at radius 1 is 1.38 bits per heavy atom. The van der Waals surface area contributed by atoms with Gasteiger partial charge in [-0.2, -0.15) is 13.2 Å². The van der Waals surface area contributed by atoms with E-state index in [0.29, 0.717) is 0 Å². The van der Waals surface area contributed by atoms with Crippen LogP contribution in [-0.2, 0) is 0 Å². The third kappa shape index (κ3) is 5.31. The van der Waals surface area contributed by atoms with Gasteiger partial charge < -0.3 is 5.11 Å². The molecule has 0 spiro atoms. The average molecular weight is 124 g/mol. The van der Waals surface area contributed by atoms with E-state index in [1.54, 1.807) is 0 Å². The fraction of sp³-hybridized carbons (Fsp3) is 0.500. The second kappa shape index (κ2) is 2.58. The van der Waals surface area contributed by atoms with Crippen molar-refractivity contribution in [2.45, 2.75) is 6.18 Å². The van der Waals surface area contributed by atoms with E-state index in [1.807, 2.05) is 0 Å². The van der Waals surface area contributed by atoms with Gasteiger partial charge in [-0.1, -0.05) is 5.92 Å². The normalized spacial score (nSPS) is 10.0. The average Bonchev–Trinajstić information content (AvgIpc) is 1.59. The number of hydrogen-bond donors (Lipinski definition) is 1. The summed E-state index contributed by atoms with van der Waals surface area (Å²) in [6.45, 7) is -0.750. The van der Waals surface area contributed by atoms with Crippen LogP contribution in [0.15, 0.2) is 0 Å². The van der Waals surface area contributed by atoms with E-state index < -0.39 is 12.8 Å². The van der Waals surface area contributed by atoms with E-state index >= 15 is 0 Å². The lowest BCUT2D eigenvalue weighted by atomic mass is 10.6. The highest BCUT2D eigenvalue weighted by atomic mass is 19.4. The predicted octanol–water partition coefficient (Wildman–Crippen LogP) is 0.544. The van der Waals surface area contributed by atoms with Gasteiger partial charge in [0.25, 0.3) is 0 Å². The van der Waals surface area contributed by atoms with Crippen molar-refractivity contribution in [1.29, 1.82) is 0 Å². The predicted molar refractivity (Wildman–Crippen MR) is 20.9 cm³/mol. The van der Waals surface area contributed by atoms with E-state index in [2.05, 4.69) is 0 Å². The standard InChI is InChI=1S/C4H3F3O/c5-4(6,7)2-1-3-8/h8H,3H2. The molecule has 0 fully saturated rings. The number of aliphatic hydroxyl groups is 1. The maximum Gasteiger partial charge on any atom is 0.457 e. The molecule has 0 unspecified atom stereocenters. The first-order valence-electron chi connectivity index (χ1n) is 1.74. The zero-order valence-electron chi connectivity index (χ0n) is 3.79. The molecule has 0 atom stereocenters. The Hall–Kier alpha value is -0.690. The summed E-state index contributed by atoms with van der Waals surface area (Å²) in [6, 6.07) is 0. The summed E-state index contributed by atoms with van der Waals surface area (Å²) >= 11 is 0. The molecule has 0 rings (SSSR count). The zero-order valence-corrected chi connectivity index (χ0v) is 3.79. The molecule has 0 aromatic heterocycles. The lowest BCUT2D eigenvalue weighted by Crippen LogP contribution is -2.01. The molecule has 0 heterocycles. The van der Waals surface area contributed by atoms with Gasteiger partial charge in [0.15, 0.2) is 0 Å². The lowest BCUT2D eigenvalue weighted by molar-refractivity contribution is -0.0698. The molecule has 0 aliphatic heterocycles. The van der Waals surface area contributed by atoms with Gasteiger partial charge in [-0.05, 0) is 0 Å². The molecule has 0 aromatic rings. The molecule has 0 aliphatic carbocycles. The number of halogens is 3. The highest BCUT2D eigenvalue weighted by Gasteiger charge is 2.22. The van der Waals surface area contributed by atoms with Gasteiger partial charge in [0.05, 0.1) is 0 Å². The van der Waals surface area contributed by atoms with Crippen LogP contribution in [0.25, 0.3) is 0 Å². The van der Waals surface area contributed by atoms with Crippen LogP contribution in [-0.4, -0.2) is 17.9 Å². The van der Waals surface area contributed by atoms with Gasteiger partial charge in [-0.15, -0.1) is 0 Å². The molecule has 0 saturated carbocycles. The third-order valence-electron chi connectivity index (χ3n) is 0.309. The quantitative estimate of drug-likeness (QED) is 0.467. The lowest BCUT2D eigenvalue weighted by Gasteiger charge is -1.89. The summed E-state index contributed by atoms with van der Waals surface area (Å²) in [7, 11) is 0. The first kappa shape index (κ1) is 7.31. The van der Waals surface area contributed by atoms with E-state index in [0.717, 1.165) is 5.92 Å². The van der Waals surface area contributed by atoms with Crippen LogP contribution in [0, 0.1) is 11.8 Å². The van der Waals surface area contributed by atoms with Crippen molar-refractivity contribution in [2.75, 3.05) is 6.61 Å². The maximum atomic E-state index is 11.0.